The van der Waals surface area contributed by atoms with Crippen molar-refractivity contribution in [2.45, 2.75) is 24.7 Å². The maximum atomic E-state index is 2.45. The molecule has 0 N–H and O–H groups in total. The van der Waals surface area contributed by atoms with Gasteiger partial charge in [-0.1, -0.05) is 208 Å². The Labute approximate surface area is 479 Å². The molecule has 2 aliphatic rings. The number of anilines is 4. The molecule has 12 aromatic carbocycles. The van der Waals surface area contributed by atoms with Crippen molar-refractivity contribution in [3.8, 4) is 33.6 Å². The van der Waals surface area contributed by atoms with Crippen LogP contribution in [-0.4, -0.2) is 23.2 Å². The average molecular weight is 1050 g/mol. The minimum absolute atomic E-state index is 0.0216. The number of fused-ring (bicyclic) bond motifs is 12. The molecule has 0 aliphatic heterocycles. The lowest BCUT2D eigenvalue weighted by atomic mass is 9.67. The second-order valence-electron chi connectivity index (χ2n) is 22.6. The highest BCUT2D eigenvalue weighted by Crippen LogP contribution is 2.57. The molecule has 0 bridgehead atoms. The van der Waals surface area contributed by atoms with E-state index in [1.54, 1.807) is 0 Å². The summed E-state index contributed by atoms with van der Waals surface area (Å²) in [5.74, 6) is 0. The number of hydrogen-bond donors (Lipinski definition) is 0. The van der Waals surface area contributed by atoms with Gasteiger partial charge in [-0.05, 0) is 153 Å². The van der Waals surface area contributed by atoms with Crippen LogP contribution in [0.4, 0.5) is 22.7 Å². The summed E-state index contributed by atoms with van der Waals surface area (Å²) in [6.07, 6.45) is 0. The van der Waals surface area contributed by atoms with Crippen LogP contribution in [0.25, 0.3) is 77.2 Å². The SMILES string of the molecule is CN(c1ccccc1)c1ccc2c(c1)c1ccccc1n2-c1ccc2c(c1)C(C)(C)c1ccccc1-2.CN(c1ccccc1)c1ccc2c(c1)c1ccccc1n2-c1ccc2c(c1)C(c1ccccc1)(c1ccccc1)c1ccccc1-2. The fourth-order valence-corrected chi connectivity index (χ4v) is 13.9. The first-order chi connectivity index (χ1) is 40.3. The predicted molar refractivity (Wildman–Crippen MR) is 345 cm³/mol. The van der Waals surface area contributed by atoms with Gasteiger partial charge in [-0.3, -0.25) is 0 Å². The summed E-state index contributed by atoms with van der Waals surface area (Å²) in [6, 6.07) is 106. The molecule has 4 heteroatoms. The van der Waals surface area contributed by atoms with E-state index in [1.807, 2.05) is 0 Å². The minimum atomic E-state index is -0.436. The van der Waals surface area contributed by atoms with Gasteiger partial charge in [-0.25, -0.2) is 0 Å². The van der Waals surface area contributed by atoms with Gasteiger partial charge in [0.25, 0.3) is 0 Å². The Kier molecular flexibility index (Phi) is 11.5. The summed E-state index contributed by atoms with van der Waals surface area (Å²) in [4.78, 5) is 4.51. The van der Waals surface area contributed by atoms with E-state index in [9.17, 15) is 0 Å². The molecule has 0 amide bonds. The fourth-order valence-electron chi connectivity index (χ4n) is 13.9. The Balaban J connectivity index is 0.000000145. The third-order valence-electron chi connectivity index (χ3n) is 17.9. The number of nitrogens with zero attached hydrogens (tertiary/aromatic N) is 4. The van der Waals surface area contributed by atoms with Crippen LogP contribution >= 0.6 is 0 Å². The van der Waals surface area contributed by atoms with Gasteiger partial charge in [0.05, 0.1) is 27.5 Å². The lowest BCUT2D eigenvalue weighted by Gasteiger charge is -2.34. The Morgan fingerprint density at radius 3 is 1.13 bits per heavy atom. The van der Waals surface area contributed by atoms with E-state index < -0.39 is 5.41 Å². The molecule has 0 atom stereocenters. The van der Waals surface area contributed by atoms with Crippen molar-refractivity contribution < 1.29 is 0 Å². The predicted octanol–water partition coefficient (Wildman–Crippen LogP) is 19.8. The average Bonchev–Trinajstić information content (AvgIpc) is 4.29. The largest absolute Gasteiger partial charge is 0.345 e. The molecule has 4 nitrogen and oxygen atoms in total. The molecule has 2 heterocycles. The first kappa shape index (κ1) is 48.9. The number of aromatic nitrogens is 2. The van der Waals surface area contributed by atoms with Gasteiger partial charge >= 0.3 is 0 Å². The van der Waals surface area contributed by atoms with Crippen LogP contribution in [0.5, 0.6) is 0 Å². The van der Waals surface area contributed by atoms with Crippen molar-refractivity contribution in [2.75, 3.05) is 23.9 Å². The normalized spacial score (nSPS) is 13.3. The monoisotopic (exact) mass is 1050 g/mol. The highest BCUT2D eigenvalue weighted by Gasteiger charge is 2.46. The Hall–Kier alpha value is -10.2. The van der Waals surface area contributed by atoms with Gasteiger partial charge in [0.2, 0.25) is 0 Å². The van der Waals surface area contributed by atoms with Crippen molar-refractivity contribution >= 4 is 66.4 Å². The maximum absolute atomic E-state index is 2.45. The summed E-state index contributed by atoms with van der Waals surface area (Å²) in [7, 11) is 4.27. The Morgan fingerprint density at radius 1 is 0.268 bits per heavy atom. The van der Waals surface area contributed by atoms with Gasteiger partial charge < -0.3 is 18.9 Å². The van der Waals surface area contributed by atoms with E-state index in [4.69, 9.17) is 0 Å². The van der Waals surface area contributed by atoms with Crippen LogP contribution in [0.2, 0.25) is 0 Å². The second-order valence-corrected chi connectivity index (χ2v) is 22.6. The van der Waals surface area contributed by atoms with Crippen LogP contribution in [0, 0.1) is 0 Å². The Bertz CT molecular complexity index is 4700. The molecule has 0 saturated heterocycles. The fraction of sp³-hybridized carbons (Fsp3) is 0.0769. The van der Waals surface area contributed by atoms with Gasteiger partial charge in [0, 0.05) is 75.2 Å². The molecular weight excluding hydrogens is 993 g/mol. The molecule has 0 unspecified atom stereocenters. The first-order valence-corrected chi connectivity index (χ1v) is 28.5. The van der Waals surface area contributed by atoms with Crippen LogP contribution in [0.15, 0.2) is 291 Å². The molecule has 14 aromatic rings. The van der Waals surface area contributed by atoms with Crippen molar-refractivity contribution in [3.63, 3.8) is 0 Å². The van der Waals surface area contributed by atoms with Crippen LogP contribution in [-0.2, 0) is 10.8 Å². The summed E-state index contributed by atoms with van der Waals surface area (Å²) in [6.45, 7) is 4.69. The minimum Gasteiger partial charge on any atom is -0.345 e. The van der Waals surface area contributed by atoms with E-state index in [1.165, 1.54) is 122 Å². The topological polar surface area (TPSA) is 16.3 Å². The molecule has 16 rings (SSSR count). The zero-order valence-corrected chi connectivity index (χ0v) is 46.5. The van der Waals surface area contributed by atoms with Crippen molar-refractivity contribution in [1.29, 1.82) is 0 Å². The zero-order valence-electron chi connectivity index (χ0n) is 46.5. The smallest absolute Gasteiger partial charge is 0.0714 e. The highest BCUT2D eigenvalue weighted by molar-refractivity contribution is 6.12. The van der Waals surface area contributed by atoms with Crippen molar-refractivity contribution in [1.82, 2.24) is 9.13 Å². The molecule has 2 aromatic heterocycles. The number of para-hydroxylation sites is 4. The molecule has 0 radical (unpaired) electrons. The van der Waals surface area contributed by atoms with Crippen molar-refractivity contribution in [2.24, 2.45) is 0 Å². The summed E-state index contributed by atoms with van der Waals surface area (Å²) in [5.41, 5.74) is 24.8. The zero-order chi connectivity index (χ0) is 55.1. The molecule has 82 heavy (non-hydrogen) atoms. The van der Waals surface area contributed by atoms with Gasteiger partial charge in [-0.2, -0.15) is 0 Å². The molecule has 0 spiro atoms. The van der Waals surface area contributed by atoms with Gasteiger partial charge in [0.1, 0.15) is 0 Å². The van der Waals surface area contributed by atoms with E-state index in [2.05, 4.69) is 338 Å². The number of benzene rings is 12. The quantitative estimate of drug-likeness (QED) is 0.151. The van der Waals surface area contributed by atoms with Gasteiger partial charge in [0.15, 0.2) is 0 Å². The lowest BCUT2D eigenvalue weighted by molar-refractivity contribution is 0.660. The maximum Gasteiger partial charge on any atom is 0.0714 e. The van der Waals surface area contributed by atoms with E-state index >= 15 is 0 Å². The third-order valence-corrected chi connectivity index (χ3v) is 17.9. The molecular formula is C78H60N4. The Morgan fingerprint density at radius 2 is 0.634 bits per heavy atom. The van der Waals surface area contributed by atoms with Gasteiger partial charge in [-0.15, -0.1) is 0 Å². The first-order valence-electron chi connectivity index (χ1n) is 28.5. The summed E-state index contributed by atoms with van der Waals surface area (Å²) < 4.78 is 4.87. The summed E-state index contributed by atoms with van der Waals surface area (Å²) in [5, 5.41) is 5.05. The molecule has 2 aliphatic carbocycles. The molecule has 0 saturated carbocycles. The highest BCUT2D eigenvalue weighted by atomic mass is 15.1. The second kappa shape index (κ2) is 19.3. The summed E-state index contributed by atoms with van der Waals surface area (Å²) >= 11 is 0. The van der Waals surface area contributed by atoms with Crippen molar-refractivity contribution in [3.05, 3.63) is 325 Å². The molecule has 392 valence electrons. The van der Waals surface area contributed by atoms with Crippen LogP contribution < -0.4 is 9.80 Å². The number of rotatable bonds is 8. The lowest BCUT2D eigenvalue weighted by Crippen LogP contribution is -2.28. The van der Waals surface area contributed by atoms with E-state index in [-0.39, 0.29) is 5.41 Å². The van der Waals surface area contributed by atoms with E-state index in [0.717, 1.165) is 11.4 Å². The van der Waals surface area contributed by atoms with E-state index in [0.29, 0.717) is 0 Å². The number of hydrogen-bond acceptors (Lipinski definition) is 2. The van der Waals surface area contributed by atoms with Crippen LogP contribution in [0.1, 0.15) is 47.2 Å². The van der Waals surface area contributed by atoms with Crippen LogP contribution in [0.3, 0.4) is 0 Å². The molecule has 0 fully saturated rings. The standard InChI is InChI=1S/C44H32N2.C34H28N2/c1-45(33-19-9-4-10-20-33)34-26-28-43-39(29-34)38-22-12-14-24-42(38)46(43)35-25-27-37-36-21-11-13-23-40(36)44(41(37)30-35,31-15-5-2-6-16-31)32-17-7-3-8-18-32;1-34(2)30-15-9-7-13-26(30)27-19-17-25(22-31(27)34)36-32-16-10-8-14-28(32)29-21-24(18-20-33(29)36)35(3)23-11-5-4-6-12-23/h2-30H,1H3;4-22H,1-3H3. The third kappa shape index (κ3) is 7.52.